The van der Waals surface area contributed by atoms with Gasteiger partial charge in [-0.05, 0) is 67.6 Å². The van der Waals surface area contributed by atoms with Crippen molar-refractivity contribution in [3.8, 4) is 5.75 Å². The number of aliphatic carboxylic acids is 1. The van der Waals surface area contributed by atoms with Crippen LogP contribution in [0.3, 0.4) is 0 Å². The number of fused-ring (bicyclic) bond motifs is 1. The molecule has 2 aromatic rings. The fraction of sp³-hybridized carbons (Fsp3) is 0.538. The topological polar surface area (TPSA) is 86.6 Å². The molecule has 1 aliphatic rings. The van der Waals surface area contributed by atoms with E-state index < -0.39 is 5.97 Å². The first-order valence-electron chi connectivity index (χ1n) is 11.5. The number of phenolic OH excluding ortho intramolecular Hbond substituents is 1. The first-order valence-corrected chi connectivity index (χ1v) is 12.4. The molecule has 0 radical (unpaired) electrons. The Bertz CT molecular complexity index is 972. The van der Waals surface area contributed by atoms with E-state index in [0.717, 1.165) is 42.2 Å². The van der Waals surface area contributed by atoms with Gasteiger partial charge in [0.1, 0.15) is 5.75 Å². The molecule has 0 spiro atoms. The van der Waals surface area contributed by atoms with Crippen LogP contribution in [0.2, 0.25) is 0 Å². The van der Waals surface area contributed by atoms with Crippen LogP contribution < -0.4 is 5.32 Å². The smallest absolute Gasteiger partial charge is 0.303 e. The maximum absolute atomic E-state index is 13.2. The minimum absolute atomic E-state index is 0.0724. The molecule has 0 aliphatic heterocycles. The third-order valence-electron chi connectivity index (χ3n) is 6.63. The zero-order valence-electron chi connectivity index (χ0n) is 19.3. The first kappa shape index (κ1) is 24.3. The lowest BCUT2D eigenvalue weighted by Gasteiger charge is -2.45. The second kappa shape index (κ2) is 10.5. The number of aromatic hydroxyl groups is 1. The van der Waals surface area contributed by atoms with E-state index in [1.165, 1.54) is 11.3 Å². The Morgan fingerprint density at radius 2 is 2.00 bits per heavy atom. The molecule has 1 aromatic heterocycles. The van der Waals surface area contributed by atoms with Crippen LogP contribution in [0.1, 0.15) is 76.1 Å². The molecule has 3 rings (SSSR count). The molecule has 0 saturated heterocycles. The van der Waals surface area contributed by atoms with Gasteiger partial charge in [0.2, 0.25) is 0 Å². The number of carbonyl (C=O) groups excluding carboxylic acids is 1. The van der Waals surface area contributed by atoms with E-state index in [-0.39, 0.29) is 29.5 Å². The van der Waals surface area contributed by atoms with E-state index in [1.54, 1.807) is 12.1 Å². The predicted molar refractivity (Wildman–Crippen MR) is 130 cm³/mol. The van der Waals surface area contributed by atoms with Crippen molar-refractivity contribution in [1.29, 1.82) is 0 Å². The molecule has 1 saturated carbocycles. The summed E-state index contributed by atoms with van der Waals surface area (Å²) in [5.74, 6) is 0.170. The zero-order valence-corrected chi connectivity index (χ0v) is 20.1. The number of unbranched alkanes of at least 4 members (excludes halogenated alkanes) is 1. The lowest BCUT2D eigenvalue weighted by Crippen LogP contribution is -2.48. The molecule has 3 N–H and O–H groups in total. The fourth-order valence-corrected chi connectivity index (χ4v) is 5.95. The highest BCUT2D eigenvalue weighted by atomic mass is 32.1. The Morgan fingerprint density at radius 1 is 1.22 bits per heavy atom. The molecule has 1 aromatic carbocycles. The summed E-state index contributed by atoms with van der Waals surface area (Å²) in [6, 6.07) is 5.25. The highest BCUT2D eigenvalue weighted by Gasteiger charge is 2.39. The lowest BCUT2D eigenvalue weighted by atomic mass is 9.63. The maximum atomic E-state index is 13.2. The largest absolute Gasteiger partial charge is 0.508 e. The standard InChI is InChI=1S/C26H35NO4S/c1-26(2,3)21-10-8-11-22(18(21)9-6-4-5-7-12-24(29)30)27-25(31)20-16-32-23-14-13-17(28)15-19(20)23/h4,6,13-16,18,21-22,28H,5,7-12H2,1-3H3,(H,27,31)(H,29,30)/t18-,21-,22?/m0/s1. The quantitative estimate of drug-likeness (QED) is 0.317. The van der Waals surface area contributed by atoms with Crippen molar-refractivity contribution in [2.45, 2.75) is 71.8 Å². The predicted octanol–water partition coefficient (Wildman–Crippen LogP) is 6.37. The van der Waals surface area contributed by atoms with E-state index >= 15 is 0 Å². The summed E-state index contributed by atoms with van der Waals surface area (Å²) in [6.07, 6.45) is 9.96. The van der Waals surface area contributed by atoms with Crippen LogP contribution in [0, 0.1) is 17.3 Å². The molecule has 32 heavy (non-hydrogen) atoms. The molecule has 6 heteroatoms. The van der Waals surface area contributed by atoms with Gasteiger partial charge in [-0.25, -0.2) is 0 Å². The van der Waals surface area contributed by atoms with Gasteiger partial charge in [0.15, 0.2) is 0 Å². The molecule has 1 aliphatic carbocycles. The van der Waals surface area contributed by atoms with Gasteiger partial charge in [-0.2, -0.15) is 0 Å². The lowest BCUT2D eigenvalue weighted by molar-refractivity contribution is -0.137. The van der Waals surface area contributed by atoms with Gasteiger partial charge in [0.25, 0.3) is 5.91 Å². The van der Waals surface area contributed by atoms with Crippen LogP contribution in [0.5, 0.6) is 5.75 Å². The summed E-state index contributed by atoms with van der Waals surface area (Å²) in [4.78, 5) is 23.9. The van der Waals surface area contributed by atoms with Crippen LogP contribution in [0.25, 0.3) is 10.1 Å². The minimum atomic E-state index is -0.754. The van der Waals surface area contributed by atoms with Crippen molar-refractivity contribution in [2.75, 3.05) is 0 Å². The molecular weight excluding hydrogens is 422 g/mol. The van der Waals surface area contributed by atoms with E-state index in [4.69, 9.17) is 5.11 Å². The van der Waals surface area contributed by atoms with Crippen LogP contribution in [0.15, 0.2) is 35.7 Å². The third kappa shape index (κ3) is 6.12. The van der Waals surface area contributed by atoms with E-state index in [9.17, 15) is 14.7 Å². The Morgan fingerprint density at radius 3 is 2.72 bits per heavy atom. The van der Waals surface area contributed by atoms with Gasteiger partial charge in [-0.3, -0.25) is 9.59 Å². The number of benzene rings is 1. The summed E-state index contributed by atoms with van der Waals surface area (Å²) in [5.41, 5.74) is 0.772. The maximum Gasteiger partial charge on any atom is 0.303 e. The minimum Gasteiger partial charge on any atom is -0.508 e. The Balaban J connectivity index is 1.74. The van der Waals surface area contributed by atoms with Crippen molar-refractivity contribution in [1.82, 2.24) is 5.32 Å². The second-order valence-electron chi connectivity index (χ2n) is 9.97. The summed E-state index contributed by atoms with van der Waals surface area (Å²) >= 11 is 1.52. The summed E-state index contributed by atoms with van der Waals surface area (Å²) < 4.78 is 0.991. The molecule has 174 valence electrons. The Kier molecular flexibility index (Phi) is 7.99. The molecule has 1 heterocycles. The number of carbonyl (C=O) groups is 2. The fourth-order valence-electron chi connectivity index (χ4n) is 5.03. The zero-order chi connectivity index (χ0) is 23.3. The highest BCUT2D eigenvalue weighted by molar-refractivity contribution is 7.17. The van der Waals surface area contributed by atoms with Crippen LogP contribution in [0.4, 0.5) is 0 Å². The number of carboxylic acids is 1. The number of thiophene rings is 1. The van der Waals surface area contributed by atoms with E-state index in [0.29, 0.717) is 23.8 Å². The van der Waals surface area contributed by atoms with Crippen molar-refractivity contribution in [2.24, 2.45) is 17.3 Å². The average Bonchev–Trinajstić information content (AvgIpc) is 3.13. The SMILES string of the molecule is CC(C)(C)[C@H]1CCCC(NC(=O)c2csc3ccc(O)cc23)[C@H]1CC=CCCCC(=O)O. The van der Waals surface area contributed by atoms with E-state index in [1.807, 2.05) is 11.4 Å². The highest BCUT2D eigenvalue weighted by Crippen LogP contribution is 2.44. The van der Waals surface area contributed by atoms with Gasteiger partial charge in [0, 0.05) is 27.9 Å². The van der Waals surface area contributed by atoms with Crippen molar-refractivity contribution < 1.29 is 19.8 Å². The summed E-state index contributed by atoms with van der Waals surface area (Å²) in [5, 5.41) is 24.7. The number of allylic oxidation sites excluding steroid dienone is 2. The molecule has 0 bridgehead atoms. The number of hydrogen-bond acceptors (Lipinski definition) is 4. The third-order valence-corrected chi connectivity index (χ3v) is 7.59. The second-order valence-corrected chi connectivity index (χ2v) is 10.9. The number of rotatable bonds is 8. The van der Waals surface area contributed by atoms with Crippen LogP contribution in [-0.4, -0.2) is 28.1 Å². The first-order chi connectivity index (χ1) is 15.2. The molecule has 1 unspecified atom stereocenters. The van der Waals surface area contributed by atoms with E-state index in [2.05, 4.69) is 38.2 Å². The van der Waals surface area contributed by atoms with Gasteiger partial charge in [0.05, 0.1) is 5.56 Å². The van der Waals surface area contributed by atoms with Gasteiger partial charge < -0.3 is 15.5 Å². The monoisotopic (exact) mass is 457 g/mol. The number of amides is 1. The van der Waals surface area contributed by atoms with Gasteiger partial charge >= 0.3 is 5.97 Å². The van der Waals surface area contributed by atoms with Crippen molar-refractivity contribution in [3.05, 3.63) is 41.3 Å². The summed E-state index contributed by atoms with van der Waals surface area (Å²) in [6.45, 7) is 6.84. The van der Waals surface area contributed by atoms with Crippen molar-refractivity contribution in [3.63, 3.8) is 0 Å². The molecule has 1 fully saturated rings. The average molecular weight is 458 g/mol. The Labute approximate surface area is 194 Å². The van der Waals surface area contributed by atoms with Crippen LogP contribution >= 0.6 is 11.3 Å². The number of carboxylic acid groups (broad SMARTS) is 1. The van der Waals surface area contributed by atoms with Crippen molar-refractivity contribution >= 4 is 33.3 Å². The Hall–Kier alpha value is -2.34. The number of nitrogens with one attached hydrogen (secondary N) is 1. The van der Waals surface area contributed by atoms with Crippen LogP contribution in [-0.2, 0) is 4.79 Å². The van der Waals surface area contributed by atoms with Gasteiger partial charge in [-0.15, -0.1) is 11.3 Å². The normalized spacial score (nSPS) is 21.8. The molecule has 3 atom stereocenters. The number of phenols is 1. The molecule has 5 nitrogen and oxygen atoms in total. The molecule has 1 amide bonds. The molecular formula is C26H35NO4S. The summed E-state index contributed by atoms with van der Waals surface area (Å²) in [7, 11) is 0. The van der Waals surface area contributed by atoms with Gasteiger partial charge in [-0.1, -0.05) is 39.3 Å². The number of hydrogen-bond donors (Lipinski definition) is 3.